The minimum absolute atomic E-state index is 0.0225. The van der Waals surface area contributed by atoms with E-state index < -0.39 is 0 Å². The molecule has 0 unspecified atom stereocenters. The first-order valence-corrected chi connectivity index (χ1v) is 10.4. The number of benzene rings is 1. The van der Waals surface area contributed by atoms with Gasteiger partial charge in [-0.25, -0.2) is 4.39 Å². The Morgan fingerprint density at radius 3 is 2.63 bits per heavy atom. The second-order valence-corrected chi connectivity index (χ2v) is 7.64. The zero-order valence-corrected chi connectivity index (χ0v) is 17.0. The van der Waals surface area contributed by atoms with Crippen LogP contribution in [-0.2, 0) is 4.79 Å². The largest absolute Gasteiger partial charge is 0.395 e. The lowest BCUT2D eigenvalue weighted by molar-refractivity contribution is -0.130. The van der Waals surface area contributed by atoms with E-state index in [1.807, 2.05) is 0 Å². The van der Waals surface area contributed by atoms with E-state index in [4.69, 9.17) is 9.63 Å². The molecule has 0 aliphatic carbocycles. The molecule has 3 rings (SSSR count). The highest BCUT2D eigenvalue weighted by Gasteiger charge is 2.31. The first kappa shape index (κ1) is 22.1. The van der Waals surface area contributed by atoms with Crippen molar-refractivity contribution in [2.45, 2.75) is 32.1 Å². The van der Waals surface area contributed by atoms with Crippen molar-refractivity contribution in [2.75, 3.05) is 32.8 Å². The Morgan fingerprint density at radius 2 is 1.90 bits per heavy atom. The third kappa shape index (κ3) is 6.21. The number of amides is 1. The number of likely N-dealkylation sites (tertiary alicyclic amines) is 1. The molecular formula is C22H28FN3O4. The van der Waals surface area contributed by atoms with Crippen LogP contribution >= 0.6 is 0 Å². The molecule has 0 atom stereocenters. The molecule has 30 heavy (non-hydrogen) atoms. The molecule has 8 heteroatoms. The summed E-state index contributed by atoms with van der Waals surface area (Å²) in [5.74, 6) is 0.139. The number of carbonyl (C=O) groups is 2. The summed E-state index contributed by atoms with van der Waals surface area (Å²) in [4.78, 5) is 26.2. The van der Waals surface area contributed by atoms with E-state index in [-0.39, 0.29) is 30.0 Å². The Hall–Kier alpha value is -2.58. The maximum absolute atomic E-state index is 13.0. The van der Waals surface area contributed by atoms with Crippen molar-refractivity contribution in [3.05, 3.63) is 41.8 Å². The molecular weight excluding hydrogens is 389 g/mol. The number of hydrogen-bond donors (Lipinski definition) is 2. The fourth-order valence-corrected chi connectivity index (χ4v) is 3.50. The first-order valence-electron chi connectivity index (χ1n) is 10.4. The van der Waals surface area contributed by atoms with Crippen LogP contribution in [0.15, 0.2) is 34.9 Å². The van der Waals surface area contributed by atoms with E-state index in [2.05, 4.69) is 15.4 Å². The first-order chi connectivity index (χ1) is 14.6. The zero-order chi connectivity index (χ0) is 21.3. The van der Waals surface area contributed by atoms with Gasteiger partial charge in [0, 0.05) is 37.7 Å². The van der Waals surface area contributed by atoms with Crippen molar-refractivity contribution in [1.82, 2.24) is 15.4 Å². The Bertz CT molecular complexity index is 831. The number of nitrogens with zero attached hydrogens (tertiary/aromatic N) is 2. The lowest BCUT2D eigenvalue weighted by atomic mass is 9.98. The third-order valence-electron chi connectivity index (χ3n) is 5.29. The summed E-state index contributed by atoms with van der Waals surface area (Å²) in [5.41, 5.74) is 0.988. The topological polar surface area (TPSA) is 95.7 Å². The number of nitrogens with one attached hydrogen (secondary N) is 1. The number of ketones is 1. The van der Waals surface area contributed by atoms with Gasteiger partial charge in [-0.15, -0.1) is 0 Å². The van der Waals surface area contributed by atoms with Crippen molar-refractivity contribution in [3.8, 4) is 11.3 Å². The molecule has 0 radical (unpaired) electrons. The van der Waals surface area contributed by atoms with Gasteiger partial charge in [0.1, 0.15) is 11.5 Å². The maximum Gasteiger partial charge on any atom is 0.225 e. The summed E-state index contributed by atoms with van der Waals surface area (Å²) in [6.07, 6.45) is 4.25. The van der Waals surface area contributed by atoms with Crippen LogP contribution in [0.5, 0.6) is 0 Å². The van der Waals surface area contributed by atoms with Crippen LogP contribution in [0.1, 0.15) is 42.6 Å². The normalized spacial score (nSPS) is 14.5. The number of unbranched alkanes of at least 4 members (excludes halogenated alkanes) is 3. The molecule has 0 spiro atoms. The van der Waals surface area contributed by atoms with Crippen molar-refractivity contribution >= 4 is 11.7 Å². The fraction of sp³-hybridized carbons (Fsp3) is 0.500. The van der Waals surface area contributed by atoms with Gasteiger partial charge in [0.25, 0.3) is 0 Å². The number of Topliss-reactive ketones (excluding diaryl/α,β-unsaturated/α-hetero) is 1. The van der Waals surface area contributed by atoms with Gasteiger partial charge < -0.3 is 19.8 Å². The standard InChI is InChI=1S/C22H28FN3O4/c23-18-8-6-16(7-9-18)21-13-19(25-30-21)20(28)5-3-1-2-4-11-26-14-17(15-26)22(29)24-10-12-27/h6-9,13,17,27H,1-5,10-12,14-15H2,(H,24,29). The maximum atomic E-state index is 13.0. The Morgan fingerprint density at radius 1 is 1.17 bits per heavy atom. The highest BCUT2D eigenvalue weighted by Crippen LogP contribution is 2.22. The van der Waals surface area contributed by atoms with E-state index in [0.717, 1.165) is 45.3 Å². The average molecular weight is 417 g/mol. The SMILES string of the molecule is O=C(CCCCCCN1CC(C(=O)NCCO)C1)c1cc(-c2ccc(F)cc2)on1. The second kappa shape index (κ2) is 11.0. The number of halogens is 1. The zero-order valence-electron chi connectivity index (χ0n) is 17.0. The summed E-state index contributed by atoms with van der Waals surface area (Å²) in [5, 5.41) is 15.3. The third-order valence-corrected chi connectivity index (χ3v) is 5.29. The van der Waals surface area contributed by atoms with Crippen molar-refractivity contribution in [1.29, 1.82) is 0 Å². The molecule has 7 nitrogen and oxygen atoms in total. The number of aliphatic hydroxyl groups excluding tert-OH is 1. The van der Waals surface area contributed by atoms with Crippen LogP contribution in [0.4, 0.5) is 4.39 Å². The van der Waals surface area contributed by atoms with E-state index in [1.54, 1.807) is 18.2 Å². The smallest absolute Gasteiger partial charge is 0.225 e. The average Bonchev–Trinajstić information content (AvgIpc) is 3.20. The van der Waals surface area contributed by atoms with Gasteiger partial charge in [0.2, 0.25) is 5.91 Å². The number of hydrogen-bond acceptors (Lipinski definition) is 6. The molecule has 2 aromatic rings. The summed E-state index contributed by atoms with van der Waals surface area (Å²) in [7, 11) is 0. The summed E-state index contributed by atoms with van der Waals surface area (Å²) in [6.45, 7) is 2.80. The highest BCUT2D eigenvalue weighted by atomic mass is 19.1. The van der Waals surface area contributed by atoms with E-state index in [1.165, 1.54) is 12.1 Å². The second-order valence-electron chi connectivity index (χ2n) is 7.64. The van der Waals surface area contributed by atoms with E-state index in [0.29, 0.717) is 30.0 Å². The molecule has 0 bridgehead atoms. The number of aliphatic hydroxyl groups is 1. The van der Waals surface area contributed by atoms with Gasteiger partial charge >= 0.3 is 0 Å². The molecule has 1 fully saturated rings. The van der Waals surface area contributed by atoms with Crippen LogP contribution in [-0.4, -0.2) is 59.6 Å². The summed E-state index contributed by atoms with van der Waals surface area (Å²) >= 11 is 0. The molecule has 162 valence electrons. The van der Waals surface area contributed by atoms with Crippen LogP contribution < -0.4 is 5.32 Å². The van der Waals surface area contributed by atoms with Crippen molar-refractivity contribution in [3.63, 3.8) is 0 Å². The molecule has 1 aliphatic heterocycles. The highest BCUT2D eigenvalue weighted by molar-refractivity contribution is 5.94. The minimum atomic E-state index is -0.327. The Kier molecular flexibility index (Phi) is 8.10. The molecule has 2 N–H and O–H groups in total. The van der Waals surface area contributed by atoms with E-state index >= 15 is 0 Å². The molecule has 1 aromatic heterocycles. The molecule has 1 aromatic carbocycles. The van der Waals surface area contributed by atoms with Gasteiger partial charge in [-0.1, -0.05) is 18.0 Å². The van der Waals surface area contributed by atoms with Crippen molar-refractivity contribution in [2.24, 2.45) is 5.92 Å². The Labute approximate surface area is 175 Å². The monoisotopic (exact) mass is 417 g/mol. The molecule has 1 amide bonds. The molecule has 2 heterocycles. The van der Waals surface area contributed by atoms with E-state index in [9.17, 15) is 14.0 Å². The molecule has 1 aliphatic rings. The number of aromatic nitrogens is 1. The van der Waals surface area contributed by atoms with Crippen LogP contribution in [0.3, 0.4) is 0 Å². The van der Waals surface area contributed by atoms with Crippen LogP contribution in [0, 0.1) is 11.7 Å². The lowest BCUT2D eigenvalue weighted by Gasteiger charge is -2.38. The van der Waals surface area contributed by atoms with Gasteiger partial charge in [0.05, 0.1) is 12.5 Å². The van der Waals surface area contributed by atoms with Crippen LogP contribution in [0.25, 0.3) is 11.3 Å². The molecule has 1 saturated heterocycles. The van der Waals surface area contributed by atoms with Gasteiger partial charge in [-0.3, -0.25) is 9.59 Å². The predicted octanol–water partition coefficient (Wildman–Crippen LogP) is 2.65. The van der Waals surface area contributed by atoms with Gasteiger partial charge in [-0.2, -0.15) is 0 Å². The number of carbonyl (C=O) groups excluding carboxylic acids is 2. The minimum Gasteiger partial charge on any atom is -0.395 e. The molecule has 0 saturated carbocycles. The Balaban J connectivity index is 1.26. The van der Waals surface area contributed by atoms with Crippen LogP contribution in [0.2, 0.25) is 0 Å². The number of rotatable bonds is 12. The lowest BCUT2D eigenvalue weighted by Crippen LogP contribution is -2.53. The predicted molar refractivity (Wildman–Crippen MR) is 109 cm³/mol. The summed E-state index contributed by atoms with van der Waals surface area (Å²) in [6, 6.07) is 7.46. The fourth-order valence-electron chi connectivity index (χ4n) is 3.50. The van der Waals surface area contributed by atoms with Gasteiger partial charge in [0.15, 0.2) is 11.5 Å². The quantitative estimate of drug-likeness (QED) is 0.407. The summed E-state index contributed by atoms with van der Waals surface area (Å²) < 4.78 is 18.2. The van der Waals surface area contributed by atoms with Gasteiger partial charge in [-0.05, 0) is 43.7 Å². The van der Waals surface area contributed by atoms with Crippen molar-refractivity contribution < 1.29 is 23.6 Å².